The van der Waals surface area contributed by atoms with Crippen molar-refractivity contribution in [3.63, 3.8) is 0 Å². The van der Waals surface area contributed by atoms with Crippen molar-refractivity contribution in [2.75, 3.05) is 7.05 Å². The molecule has 1 aromatic heterocycles. The first-order chi connectivity index (χ1) is 7.81. The smallest absolute Gasteiger partial charge is 0.129 e. The Morgan fingerprint density at radius 2 is 2.31 bits per heavy atom. The van der Waals surface area contributed by atoms with Gasteiger partial charge in [0, 0.05) is 19.2 Å². The lowest BCUT2D eigenvalue weighted by Gasteiger charge is -2.25. The van der Waals surface area contributed by atoms with Crippen LogP contribution in [0, 0.1) is 0 Å². The predicted molar refractivity (Wildman–Crippen MR) is 67.6 cm³/mol. The van der Waals surface area contributed by atoms with Gasteiger partial charge in [-0.1, -0.05) is 24.1 Å². The summed E-state index contributed by atoms with van der Waals surface area (Å²) in [5, 5.41) is 3.71. The molecule has 2 nitrogen and oxygen atoms in total. The third kappa shape index (κ3) is 2.56. The molecule has 1 heterocycles. The third-order valence-electron chi connectivity index (χ3n) is 3.14. The van der Waals surface area contributed by atoms with E-state index < -0.39 is 0 Å². The Balaban J connectivity index is 2.23. The number of allylic oxidation sites excluding steroid dienone is 1. The molecule has 0 aromatic carbocycles. The van der Waals surface area contributed by atoms with Crippen molar-refractivity contribution in [2.45, 2.75) is 31.6 Å². The molecule has 16 heavy (non-hydrogen) atoms. The summed E-state index contributed by atoms with van der Waals surface area (Å²) in [5.74, 6) is 0.519. The minimum Gasteiger partial charge on any atom is -0.394 e. The molecule has 0 unspecified atom stereocenters. The van der Waals surface area contributed by atoms with Gasteiger partial charge in [-0.15, -0.1) is 0 Å². The number of hydrogen-bond acceptors (Lipinski definition) is 2. The van der Waals surface area contributed by atoms with Gasteiger partial charge < -0.3 is 5.32 Å². The molecule has 0 amide bonds. The molecule has 1 aliphatic rings. The van der Waals surface area contributed by atoms with E-state index in [-0.39, 0.29) is 0 Å². The van der Waals surface area contributed by atoms with E-state index in [2.05, 4.69) is 22.6 Å². The standard InChI is InChI=1S/C13H17ClN2/c1-15-8-10-4-2-3-5-12(10)11-6-7-13(14)16-9-11/h6-9,12,15H,2-5H2,1H3/b10-8-/t12-/m0/s1. The van der Waals surface area contributed by atoms with Crippen LogP contribution in [0.15, 0.2) is 30.1 Å². The fourth-order valence-corrected chi connectivity index (χ4v) is 2.48. The molecule has 1 fully saturated rings. The second kappa shape index (κ2) is 5.35. The average molecular weight is 237 g/mol. The first kappa shape index (κ1) is 11.5. The normalized spacial score (nSPS) is 23.4. The molecule has 1 saturated carbocycles. The van der Waals surface area contributed by atoms with Crippen molar-refractivity contribution < 1.29 is 0 Å². The van der Waals surface area contributed by atoms with Crippen LogP contribution in [0.2, 0.25) is 5.15 Å². The number of nitrogens with zero attached hydrogens (tertiary/aromatic N) is 1. The van der Waals surface area contributed by atoms with Crippen LogP contribution in [-0.4, -0.2) is 12.0 Å². The zero-order valence-corrected chi connectivity index (χ0v) is 10.3. The van der Waals surface area contributed by atoms with Gasteiger partial charge in [0.05, 0.1) is 0 Å². The van der Waals surface area contributed by atoms with Crippen LogP contribution in [0.4, 0.5) is 0 Å². The van der Waals surface area contributed by atoms with Crippen LogP contribution >= 0.6 is 11.6 Å². The Morgan fingerprint density at radius 1 is 1.44 bits per heavy atom. The molecule has 0 spiro atoms. The van der Waals surface area contributed by atoms with Crippen molar-refractivity contribution in [2.24, 2.45) is 0 Å². The summed E-state index contributed by atoms with van der Waals surface area (Å²) in [6.45, 7) is 0. The van der Waals surface area contributed by atoms with Crippen LogP contribution in [0.5, 0.6) is 0 Å². The molecule has 1 aromatic rings. The largest absolute Gasteiger partial charge is 0.394 e. The van der Waals surface area contributed by atoms with Gasteiger partial charge in [0.2, 0.25) is 0 Å². The third-order valence-corrected chi connectivity index (χ3v) is 3.36. The SMILES string of the molecule is CN/C=C1/CCCC[C@@H]1c1ccc(Cl)nc1. The van der Waals surface area contributed by atoms with Gasteiger partial charge in [-0.05, 0) is 42.7 Å². The lowest BCUT2D eigenvalue weighted by molar-refractivity contribution is 0.536. The Morgan fingerprint density at radius 3 is 3.00 bits per heavy atom. The van der Waals surface area contributed by atoms with E-state index in [0.717, 1.165) is 0 Å². The lowest BCUT2D eigenvalue weighted by Crippen LogP contribution is -2.11. The second-order valence-corrected chi connectivity index (χ2v) is 4.61. The van der Waals surface area contributed by atoms with E-state index in [0.29, 0.717) is 11.1 Å². The van der Waals surface area contributed by atoms with Gasteiger partial charge >= 0.3 is 0 Å². The maximum absolute atomic E-state index is 5.81. The predicted octanol–water partition coefficient (Wildman–Crippen LogP) is 3.50. The Hall–Kier alpha value is -1.02. The van der Waals surface area contributed by atoms with Crippen LogP contribution in [0.3, 0.4) is 0 Å². The number of nitrogens with one attached hydrogen (secondary N) is 1. The van der Waals surface area contributed by atoms with Gasteiger partial charge in [0.15, 0.2) is 0 Å². The van der Waals surface area contributed by atoms with E-state index in [1.165, 1.54) is 36.8 Å². The summed E-state index contributed by atoms with van der Waals surface area (Å²) in [6.07, 6.45) is 9.05. The number of pyridine rings is 1. The fraction of sp³-hybridized carbons (Fsp3) is 0.462. The quantitative estimate of drug-likeness (QED) is 0.796. The van der Waals surface area contributed by atoms with Crippen molar-refractivity contribution >= 4 is 11.6 Å². The molecule has 0 bridgehead atoms. The van der Waals surface area contributed by atoms with Crippen molar-refractivity contribution in [1.29, 1.82) is 0 Å². The average Bonchev–Trinajstić information content (AvgIpc) is 2.32. The van der Waals surface area contributed by atoms with Crippen LogP contribution in [-0.2, 0) is 0 Å². The lowest BCUT2D eigenvalue weighted by atomic mass is 9.81. The van der Waals surface area contributed by atoms with Gasteiger partial charge in [0.25, 0.3) is 0 Å². The van der Waals surface area contributed by atoms with Crippen molar-refractivity contribution in [1.82, 2.24) is 10.3 Å². The first-order valence-corrected chi connectivity index (χ1v) is 6.16. The molecule has 86 valence electrons. The molecule has 2 rings (SSSR count). The summed E-state index contributed by atoms with van der Waals surface area (Å²) in [7, 11) is 1.96. The number of hydrogen-bond donors (Lipinski definition) is 1. The molecular weight excluding hydrogens is 220 g/mol. The summed E-state index contributed by atoms with van der Waals surface area (Å²) in [4.78, 5) is 4.17. The van der Waals surface area contributed by atoms with Gasteiger partial charge in [-0.3, -0.25) is 0 Å². The summed E-state index contributed by atoms with van der Waals surface area (Å²) in [5.41, 5.74) is 2.77. The van der Waals surface area contributed by atoms with Gasteiger partial charge in [0.1, 0.15) is 5.15 Å². The van der Waals surface area contributed by atoms with E-state index in [9.17, 15) is 0 Å². The monoisotopic (exact) mass is 236 g/mol. The van der Waals surface area contributed by atoms with E-state index >= 15 is 0 Å². The highest BCUT2D eigenvalue weighted by molar-refractivity contribution is 6.29. The minimum absolute atomic E-state index is 0.519. The molecule has 1 N–H and O–H groups in total. The zero-order valence-electron chi connectivity index (χ0n) is 9.54. The number of rotatable bonds is 2. The highest BCUT2D eigenvalue weighted by atomic mass is 35.5. The first-order valence-electron chi connectivity index (χ1n) is 5.79. The molecule has 0 saturated heterocycles. The van der Waals surface area contributed by atoms with E-state index in [4.69, 9.17) is 11.6 Å². The molecule has 0 aliphatic heterocycles. The summed E-state index contributed by atoms with van der Waals surface area (Å²) in [6, 6.07) is 3.97. The molecule has 1 aliphatic carbocycles. The van der Waals surface area contributed by atoms with Crippen molar-refractivity contribution in [3.05, 3.63) is 40.8 Å². The minimum atomic E-state index is 0.519. The zero-order chi connectivity index (χ0) is 11.4. The van der Waals surface area contributed by atoms with Crippen LogP contribution < -0.4 is 5.32 Å². The van der Waals surface area contributed by atoms with Gasteiger partial charge in [-0.2, -0.15) is 0 Å². The van der Waals surface area contributed by atoms with Gasteiger partial charge in [-0.25, -0.2) is 4.98 Å². The van der Waals surface area contributed by atoms with E-state index in [1.54, 1.807) is 0 Å². The Bertz CT molecular complexity index is 370. The summed E-state index contributed by atoms with van der Waals surface area (Å²) >= 11 is 5.81. The maximum Gasteiger partial charge on any atom is 0.129 e. The van der Waals surface area contributed by atoms with Crippen LogP contribution in [0.25, 0.3) is 0 Å². The second-order valence-electron chi connectivity index (χ2n) is 4.22. The number of aromatic nitrogens is 1. The molecular formula is C13H17ClN2. The Kier molecular flexibility index (Phi) is 3.83. The molecule has 1 atom stereocenters. The maximum atomic E-state index is 5.81. The topological polar surface area (TPSA) is 24.9 Å². The molecule has 0 radical (unpaired) electrons. The highest BCUT2D eigenvalue weighted by Gasteiger charge is 2.20. The number of halogens is 1. The molecule has 3 heteroatoms. The van der Waals surface area contributed by atoms with E-state index in [1.807, 2.05) is 19.3 Å². The summed E-state index contributed by atoms with van der Waals surface area (Å²) < 4.78 is 0. The Labute approximate surface area is 102 Å². The highest BCUT2D eigenvalue weighted by Crippen LogP contribution is 2.36. The van der Waals surface area contributed by atoms with Crippen LogP contribution in [0.1, 0.15) is 37.2 Å². The fourth-order valence-electron chi connectivity index (χ4n) is 2.37. The van der Waals surface area contributed by atoms with Crippen molar-refractivity contribution in [3.8, 4) is 0 Å².